The van der Waals surface area contributed by atoms with Gasteiger partial charge >= 0.3 is 0 Å². The number of fused-ring (bicyclic) bond motifs is 1. The Kier molecular flexibility index (Phi) is 6.39. The highest BCUT2D eigenvalue weighted by Crippen LogP contribution is 2.38. The smallest absolute Gasteiger partial charge is 0.186 e. The highest BCUT2D eigenvalue weighted by atomic mass is 16.5. The minimum Gasteiger partial charge on any atom is -0.493 e. The van der Waals surface area contributed by atoms with Crippen molar-refractivity contribution in [1.82, 2.24) is 9.97 Å². The first-order valence-electron chi connectivity index (χ1n) is 11.6. The molecule has 1 aliphatic carbocycles. The Morgan fingerprint density at radius 2 is 1.89 bits per heavy atom. The predicted octanol–water partition coefficient (Wildman–Crippen LogP) is 3.71. The molecular formula is C27H26N4O5. The molecule has 1 fully saturated rings. The molecule has 1 aromatic heterocycles. The maximum atomic E-state index is 12.7. The van der Waals surface area contributed by atoms with Gasteiger partial charge in [0.25, 0.3) is 0 Å². The van der Waals surface area contributed by atoms with Crippen LogP contribution in [0.5, 0.6) is 11.5 Å². The summed E-state index contributed by atoms with van der Waals surface area (Å²) in [5.74, 6) is 1.16. The van der Waals surface area contributed by atoms with Crippen LogP contribution in [0.2, 0.25) is 0 Å². The molecule has 2 heterocycles. The molecule has 0 amide bonds. The van der Waals surface area contributed by atoms with Crippen LogP contribution in [-0.4, -0.2) is 61.6 Å². The number of benzene rings is 2. The summed E-state index contributed by atoms with van der Waals surface area (Å²) < 4.78 is 16.4. The van der Waals surface area contributed by atoms with Gasteiger partial charge in [-0.2, -0.15) is 0 Å². The van der Waals surface area contributed by atoms with E-state index in [2.05, 4.69) is 27.1 Å². The van der Waals surface area contributed by atoms with Crippen molar-refractivity contribution in [2.24, 2.45) is 0 Å². The minimum atomic E-state index is -0.223. The summed E-state index contributed by atoms with van der Waals surface area (Å²) in [7, 11) is 3.18. The molecule has 2 aliphatic rings. The molecule has 1 unspecified atom stereocenters. The molecule has 184 valence electrons. The standard InChI is InChI=1S/C27H26N4O5/c1-16-14-31(16)17-4-6-22(19(10-17)20-11-18(32)5-7-24(20)33)30-27-21-12-25(35-3)26(36-9-8-34-2)13-23(21)28-15-29-27/h4-7,10-13,15-16H,8-9,14H2,1-3H3,(H,28,29,30). The summed E-state index contributed by atoms with van der Waals surface area (Å²) >= 11 is 0. The second-order valence-electron chi connectivity index (χ2n) is 8.60. The molecule has 1 aliphatic heterocycles. The molecule has 0 radical (unpaired) electrons. The number of ketones is 2. The van der Waals surface area contributed by atoms with Gasteiger partial charge in [0, 0.05) is 53.7 Å². The number of aromatic nitrogens is 2. The Morgan fingerprint density at radius 1 is 1.06 bits per heavy atom. The highest BCUT2D eigenvalue weighted by Gasteiger charge is 2.30. The van der Waals surface area contributed by atoms with Crippen LogP contribution in [0.15, 0.2) is 54.9 Å². The zero-order valence-electron chi connectivity index (χ0n) is 20.3. The van der Waals surface area contributed by atoms with Gasteiger partial charge in [-0.3, -0.25) is 9.59 Å². The van der Waals surface area contributed by atoms with E-state index in [4.69, 9.17) is 14.2 Å². The third-order valence-electron chi connectivity index (χ3n) is 6.15. The van der Waals surface area contributed by atoms with Crippen LogP contribution in [0.3, 0.4) is 0 Å². The van der Waals surface area contributed by atoms with Gasteiger partial charge in [0.05, 0.1) is 19.2 Å². The molecule has 9 nitrogen and oxygen atoms in total. The minimum absolute atomic E-state index is 0.222. The van der Waals surface area contributed by atoms with Crippen LogP contribution in [0.25, 0.3) is 16.5 Å². The van der Waals surface area contributed by atoms with Gasteiger partial charge < -0.3 is 24.4 Å². The molecule has 9 heteroatoms. The number of anilines is 3. The van der Waals surface area contributed by atoms with E-state index in [1.54, 1.807) is 20.3 Å². The van der Waals surface area contributed by atoms with Crippen LogP contribution in [0.4, 0.5) is 17.2 Å². The molecule has 36 heavy (non-hydrogen) atoms. The third-order valence-corrected chi connectivity index (χ3v) is 6.15. The monoisotopic (exact) mass is 486 g/mol. The lowest BCUT2D eigenvalue weighted by Gasteiger charge is -2.18. The van der Waals surface area contributed by atoms with Crippen LogP contribution < -0.4 is 19.7 Å². The maximum Gasteiger partial charge on any atom is 0.186 e. The van der Waals surface area contributed by atoms with Gasteiger partial charge in [0.1, 0.15) is 18.8 Å². The number of rotatable bonds is 9. The number of carbonyl (C=O) groups is 2. The predicted molar refractivity (Wildman–Crippen MR) is 137 cm³/mol. The maximum absolute atomic E-state index is 12.7. The Morgan fingerprint density at radius 3 is 2.64 bits per heavy atom. The van der Waals surface area contributed by atoms with Crippen molar-refractivity contribution < 1.29 is 23.8 Å². The first-order valence-corrected chi connectivity index (χ1v) is 11.6. The first-order chi connectivity index (χ1) is 17.5. The number of ether oxygens (including phenoxy) is 3. The quantitative estimate of drug-likeness (QED) is 0.275. The summed E-state index contributed by atoms with van der Waals surface area (Å²) in [6.07, 6.45) is 5.43. The Labute approximate surface area is 208 Å². The second kappa shape index (κ2) is 9.79. The number of nitrogens with zero attached hydrogens (tertiary/aromatic N) is 3. The van der Waals surface area contributed by atoms with Gasteiger partial charge in [-0.05, 0) is 49.4 Å². The summed E-state index contributed by atoms with van der Waals surface area (Å²) in [6, 6.07) is 9.87. The van der Waals surface area contributed by atoms with Crippen molar-refractivity contribution in [1.29, 1.82) is 0 Å². The number of nitrogens with one attached hydrogen (secondary N) is 1. The van der Waals surface area contributed by atoms with Crippen LogP contribution in [-0.2, 0) is 14.3 Å². The topological polar surface area (TPSA) is 103 Å². The van der Waals surface area contributed by atoms with Crippen molar-refractivity contribution in [3.05, 3.63) is 60.5 Å². The molecule has 0 spiro atoms. The SMILES string of the molecule is COCCOc1cc2ncnc(Nc3ccc(N4CC4C)cc3C3=CC(=O)C=CC3=O)c2cc1OC. The summed E-state index contributed by atoms with van der Waals surface area (Å²) in [4.78, 5) is 35.9. The number of hydrogen-bond donors (Lipinski definition) is 1. The van der Waals surface area contributed by atoms with Gasteiger partial charge in [0.15, 0.2) is 23.1 Å². The number of allylic oxidation sites excluding steroid dienone is 4. The average Bonchev–Trinajstić information content (AvgIpc) is 3.62. The highest BCUT2D eigenvalue weighted by molar-refractivity contribution is 6.34. The van der Waals surface area contributed by atoms with Gasteiger partial charge in [-0.25, -0.2) is 9.97 Å². The fourth-order valence-corrected chi connectivity index (χ4v) is 4.16. The van der Waals surface area contributed by atoms with Crippen LogP contribution >= 0.6 is 0 Å². The van der Waals surface area contributed by atoms with E-state index in [0.717, 1.165) is 12.2 Å². The van der Waals surface area contributed by atoms with Gasteiger partial charge in [0.2, 0.25) is 0 Å². The molecule has 2 aromatic carbocycles. The summed E-state index contributed by atoms with van der Waals surface area (Å²) in [6.45, 7) is 3.90. The van der Waals surface area contributed by atoms with Crippen LogP contribution in [0.1, 0.15) is 12.5 Å². The fraction of sp³-hybridized carbons (Fsp3) is 0.259. The largest absolute Gasteiger partial charge is 0.493 e. The molecule has 5 rings (SSSR count). The Bertz CT molecular complexity index is 1410. The molecule has 0 bridgehead atoms. The van der Waals surface area contributed by atoms with Crippen molar-refractivity contribution >= 4 is 45.2 Å². The van der Waals surface area contributed by atoms with E-state index < -0.39 is 0 Å². The Hall–Kier alpha value is -4.24. The first kappa shape index (κ1) is 23.5. The molecule has 3 aromatic rings. The van der Waals surface area contributed by atoms with E-state index in [1.807, 2.05) is 24.3 Å². The number of carbonyl (C=O) groups excluding carboxylic acids is 2. The lowest BCUT2D eigenvalue weighted by Crippen LogP contribution is -2.10. The zero-order chi connectivity index (χ0) is 25.2. The zero-order valence-corrected chi connectivity index (χ0v) is 20.3. The third kappa shape index (κ3) is 4.65. The number of methoxy groups -OCH3 is 2. The molecule has 1 N–H and O–H groups in total. The lowest BCUT2D eigenvalue weighted by molar-refractivity contribution is -0.113. The van der Waals surface area contributed by atoms with E-state index in [0.29, 0.717) is 64.3 Å². The van der Waals surface area contributed by atoms with Gasteiger partial charge in [-0.15, -0.1) is 0 Å². The summed E-state index contributed by atoms with van der Waals surface area (Å²) in [5.41, 5.74) is 3.27. The Balaban J connectivity index is 1.56. The van der Waals surface area contributed by atoms with E-state index in [-0.39, 0.29) is 11.6 Å². The molecule has 0 saturated carbocycles. The summed E-state index contributed by atoms with van der Waals surface area (Å²) in [5, 5.41) is 4.07. The van der Waals surface area contributed by atoms with Crippen molar-refractivity contribution in [2.45, 2.75) is 13.0 Å². The average molecular weight is 487 g/mol. The van der Waals surface area contributed by atoms with Crippen LogP contribution in [0, 0.1) is 0 Å². The van der Waals surface area contributed by atoms with E-state index in [9.17, 15) is 9.59 Å². The molecular weight excluding hydrogens is 460 g/mol. The van der Waals surface area contributed by atoms with E-state index in [1.165, 1.54) is 24.6 Å². The normalized spacial score (nSPS) is 16.8. The second-order valence-corrected chi connectivity index (χ2v) is 8.60. The fourth-order valence-electron chi connectivity index (χ4n) is 4.16. The lowest BCUT2D eigenvalue weighted by atomic mass is 9.94. The molecule has 1 saturated heterocycles. The van der Waals surface area contributed by atoms with E-state index >= 15 is 0 Å². The molecule has 1 atom stereocenters. The van der Waals surface area contributed by atoms with Crippen molar-refractivity contribution in [3.8, 4) is 11.5 Å². The van der Waals surface area contributed by atoms with Crippen molar-refractivity contribution in [3.63, 3.8) is 0 Å². The van der Waals surface area contributed by atoms with Crippen molar-refractivity contribution in [2.75, 3.05) is 44.2 Å². The number of hydrogen-bond acceptors (Lipinski definition) is 9. The van der Waals surface area contributed by atoms with Gasteiger partial charge in [-0.1, -0.05) is 0 Å².